The van der Waals surface area contributed by atoms with E-state index in [1.165, 1.54) is 13.2 Å². The number of hydrogen-bond acceptors (Lipinski definition) is 4. The van der Waals surface area contributed by atoms with Gasteiger partial charge in [0.2, 0.25) is 0 Å². The summed E-state index contributed by atoms with van der Waals surface area (Å²) in [6, 6.07) is 3.46. The van der Waals surface area contributed by atoms with Gasteiger partial charge in [0.25, 0.3) is 0 Å². The first-order chi connectivity index (χ1) is 9.43. The highest BCUT2D eigenvalue weighted by Gasteiger charge is 2.33. The number of ether oxygens (including phenoxy) is 1. The maximum Gasteiger partial charge on any atom is 0.417 e. The molecule has 0 aliphatic heterocycles. The molecule has 0 amide bonds. The predicted molar refractivity (Wildman–Crippen MR) is 68.0 cm³/mol. The zero-order chi connectivity index (χ0) is 15.2. The van der Waals surface area contributed by atoms with E-state index in [0.29, 0.717) is 13.2 Å². The predicted octanol–water partition coefficient (Wildman–Crippen LogP) is 1.96. The number of halogens is 3. The first kappa shape index (κ1) is 16.5. The first-order valence-electron chi connectivity index (χ1n) is 5.95. The van der Waals surface area contributed by atoms with Gasteiger partial charge in [-0.05, 0) is 18.2 Å². The van der Waals surface area contributed by atoms with Crippen LogP contribution in [0.5, 0.6) is 0 Å². The third-order valence-corrected chi connectivity index (χ3v) is 2.77. The molecule has 0 aliphatic rings. The van der Waals surface area contributed by atoms with Crippen molar-refractivity contribution in [2.45, 2.75) is 6.18 Å². The minimum absolute atomic E-state index is 0.179. The van der Waals surface area contributed by atoms with E-state index in [1.54, 1.807) is 4.90 Å². The van der Waals surface area contributed by atoms with Gasteiger partial charge in [0.05, 0.1) is 18.8 Å². The molecule has 0 heterocycles. The molecule has 1 aromatic rings. The maximum atomic E-state index is 12.9. The summed E-state index contributed by atoms with van der Waals surface area (Å²) in [6.07, 6.45) is -4.42. The number of aldehydes is 1. The fourth-order valence-electron chi connectivity index (χ4n) is 1.78. The number of carbonyl (C=O) groups is 1. The Kier molecular flexibility index (Phi) is 5.97. The van der Waals surface area contributed by atoms with Gasteiger partial charge in [-0.2, -0.15) is 13.2 Å². The summed E-state index contributed by atoms with van der Waals surface area (Å²) in [7, 11) is 1.48. The minimum Gasteiger partial charge on any atom is -0.395 e. The van der Waals surface area contributed by atoms with Crippen molar-refractivity contribution in [2.75, 3.05) is 38.3 Å². The average Bonchev–Trinajstić information content (AvgIpc) is 2.42. The van der Waals surface area contributed by atoms with Crippen LogP contribution in [0, 0.1) is 0 Å². The Morgan fingerprint density at radius 2 is 2.05 bits per heavy atom. The normalized spacial score (nSPS) is 11.4. The Morgan fingerprint density at radius 1 is 1.35 bits per heavy atom. The maximum absolute atomic E-state index is 12.9. The Bertz CT molecular complexity index is 449. The summed E-state index contributed by atoms with van der Waals surface area (Å²) in [4.78, 5) is 12.2. The highest BCUT2D eigenvalue weighted by atomic mass is 19.4. The third kappa shape index (κ3) is 4.21. The summed E-state index contributed by atoms with van der Waals surface area (Å²) < 4.78 is 43.5. The number of benzene rings is 1. The van der Waals surface area contributed by atoms with Gasteiger partial charge in [-0.3, -0.25) is 4.79 Å². The van der Waals surface area contributed by atoms with E-state index in [1.807, 2.05) is 0 Å². The molecule has 0 fully saturated rings. The van der Waals surface area contributed by atoms with E-state index in [9.17, 15) is 18.0 Å². The monoisotopic (exact) mass is 291 g/mol. The smallest absolute Gasteiger partial charge is 0.395 e. The summed E-state index contributed by atoms with van der Waals surface area (Å²) in [6.45, 7) is 0.646. The van der Waals surface area contributed by atoms with Crippen LogP contribution in [-0.4, -0.2) is 44.8 Å². The second-order valence-corrected chi connectivity index (χ2v) is 4.09. The minimum atomic E-state index is -4.60. The van der Waals surface area contributed by atoms with Gasteiger partial charge in [-0.1, -0.05) is 0 Å². The van der Waals surface area contributed by atoms with Crippen LogP contribution in [0.1, 0.15) is 15.9 Å². The number of aliphatic hydroxyl groups is 1. The van der Waals surface area contributed by atoms with Gasteiger partial charge in [0.15, 0.2) is 6.29 Å². The molecule has 0 radical (unpaired) electrons. The van der Waals surface area contributed by atoms with Gasteiger partial charge in [-0.15, -0.1) is 0 Å². The zero-order valence-electron chi connectivity index (χ0n) is 11.0. The van der Waals surface area contributed by atoms with Crippen molar-refractivity contribution >= 4 is 12.0 Å². The third-order valence-electron chi connectivity index (χ3n) is 2.77. The molecular weight excluding hydrogens is 275 g/mol. The number of hydrogen-bond donors (Lipinski definition) is 1. The standard InChI is InChI=1S/C13H16F3NO3/c1-20-7-5-17(4-6-18)11-3-2-10(9-19)12(8-11)13(14,15)16/h2-3,8-9,18H,4-7H2,1H3. The van der Waals surface area contributed by atoms with Crippen LogP contribution in [0.25, 0.3) is 0 Å². The molecule has 112 valence electrons. The summed E-state index contributed by atoms with van der Waals surface area (Å²) in [5.74, 6) is 0. The van der Waals surface area contributed by atoms with E-state index >= 15 is 0 Å². The topological polar surface area (TPSA) is 49.8 Å². The summed E-state index contributed by atoms with van der Waals surface area (Å²) >= 11 is 0. The second-order valence-electron chi connectivity index (χ2n) is 4.09. The molecule has 0 spiro atoms. The molecule has 0 unspecified atom stereocenters. The number of carbonyl (C=O) groups excluding carboxylic acids is 1. The van der Waals surface area contributed by atoms with Crippen molar-refractivity contribution in [1.29, 1.82) is 0 Å². The lowest BCUT2D eigenvalue weighted by Gasteiger charge is -2.24. The number of alkyl halides is 3. The zero-order valence-corrected chi connectivity index (χ0v) is 11.0. The largest absolute Gasteiger partial charge is 0.417 e. The lowest BCUT2D eigenvalue weighted by atomic mass is 10.1. The molecule has 7 heteroatoms. The molecule has 4 nitrogen and oxygen atoms in total. The van der Waals surface area contributed by atoms with Gasteiger partial charge >= 0.3 is 6.18 Å². The van der Waals surface area contributed by atoms with E-state index in [2.05, 4.69) is 0 Å². The molecular formula is C13H16F3NO3. The molecule has 0 saturated carbocycles. The summed E-state index contributed by atoms with van der Waals surface area (Å²) in [5, 5.41) is 8.97. The van der Waals surface area contributed by atoms with E-state index in [-0.39, 0.29) is 25.1 Å². The molecule has 0 bridgehead atoms. The second kappa shape index (κ2) is 7.25. The van der Waals surface area contributed by atoms with Gasteiger partial charge in [-0.25, -0.2) is 0 Å². The van der Waals surface area contributed by atoms with Crippen LogP contribution in [-0.2, 0) is 10.9 Å². The fraction of sp³-hybridized carbons (Fsp3) is 0.462. The Balaban J connectivity index is 3.13. The number of nitrogens with zero attached hydrogens (tertiary/aromatic N) is 1. The van der Waals surface area contributed by atoms with Crippen LogP contribution in [0.15, 0.2) is 18.2 Å². The molecule has 0 aliphatic carbocycles. The molecule has 1 rings (SSSR count). The lowest BCUT2D eigenvalue weighted by molar-refractivity contribution is -0.137. The fourth-order valence-corrected chi connectivity index (χ4v) is 1.78. The van der Waals surface area contributed by atoms with Crippen LogP contribution < -0.4 is 4.90 Å². The van der Waals surface area contributed by atoms with Gasteiger partial charge < -0.3 is 14.7 Å². The highest BCUT2D eigenvalue weighted by Crippen LogP contribution is 2.34. The van der Waals surface area contributed by atoms with Crippen molar-refractivity contribution < 1.29 is 27.8 Å². The van der Waals surface area contributed by atoms with Crippen LogP contribution in [0.2, 0.25) is 0 Å². The van der Waals surface area contributed by atoms with E-state index in [4.69, 9.17) is 9.84 Å². The van der Waals surface area contributed by atoms with Crippen LogP contribution in [0.3, 0.4) is 0 Å². The van der Waals surface area contributed by atoms with Gasteiger partial charge in [0, 0.05) is 31.5 Å². The number of methoxy groups -OCH3 is 1. The first-order valence-corrected chi connectivity index (χ1v) is 5.95. The molecule has 0 saturated heterocycles. The van der Waals surface area contributed by atoms with Crippen molar-refractivity contribution in [1.82, 2.24) is 0 Å². The van der Waals surface area contributed by atoms with Crippen LogP contribution in [0.4, 0.5) is 18.9 Å². The van der Waals surface area contributed by atoms with Gasteiger partial charge in [0.1, 0.15) is 0 Å². The van der Waals surface area contributed by atoms with E-state index in [0.717, 1.165) is 12.1 Å². The highest BCUT2D eigenvalue weighted by molar-refractivity contribution is 5.79. The number of aliphatic hydroxyl groups excluding tert-OH is 1. The molecule has 0 atom stereocenters. The molecule has 0 aromatic heterocycles. The lowest BCUT2D eigenvalue weighted by Crippen LogP contribution is -2.30. The SMILES string of the molecule is COCCN(CCO)c1ccc(C=O)c(C(F)(F)F)c1. The Morgan fingerprint density at radius 3 is 2.55 bits per heavy atom. The van der Waals surface area contributed by atoms with Crippen LogP contribution >= 0.6 is 0 Å². The van der Waals surface area contributed by atoms with Crippen molar-refractivity contribution in [2.24, 2.45) is 0 Å². The molecule has 1 N–H and O–H groups in total. The van der Waals surface area contributed by atoms with Crippen molar-refractivity contribution in [3.8, 4) is 0 Å². The molecule has 1 aromatic carbocycles. The quantitative estimate of drug-likeness (QED) is 0.780. The Labute approximate surface area is 114 Å². The average molecular weight is 291 g/mol. The number of rotatable bonds is 7. The van der Waals surface area contributed by atoms with Crippen molar-refractivity contribution in [3.05, 3.63) is 29.3 Å². The van der Waals surface area contributed by atoms with E-state index < -0.39 is 17.3 Å². The molecule has 20 heavy (non-hydrogen) atoms. The number of anilines is 1. The summed E-state index contributed by atoms with van der Waals surface area (Å²) in [5.41, 5.74) is -1.10. The van der Waals surface area contributed by atoms with Crippen molar-refractivity contribution in [3.63, 3.8) is 0 Å². The Hall–Kier alpha value is -1.60.